The molecule has 1 spiro atoms. The average molecular weight is 538 g/mol. The zero-order valence-corrected chi connectivity index (χ0v) is 20.8. The Balaban J connectivity index is 1.46. The summed E-state index contributed by atoms with van der Waals surface area (Å²) in [5.41, 5.74) is 2.10. The molecule has 0 saturated heterocycles. The van der Waals surface area contributed by atoms with Crippen molar-refractivity contribution < 1.29 is 31.3 Å². The van der Waals surface area contributed by atoms with Crippen LogP contribution >= 0.6 is 11.6 Å². The molecular weight excluding hydrogens is 516 g/mol. The minimum Gasteiger partial charge on any atom is -0.437 e. The highest BCUT2D eigenvalue weighted by molar-refractivity contribution is 7.93. The third-order valence-corrected chi connectivity index (χ3v) is 9.28. The number of anilines is 2. The molecule has 3 aliphatic carbocycles. The van der Waals surface area contributed by atoms with Crippen molar-refractivity contribution in [2.45, 2.75) is 62.7 Å². The minimum absolute atomic E-state index is 0.00592. The number of hydrogen-bond acceptors (Lipinski definition) is 6. The van der Waals surface area contributed by atoms with Gasteiger partial charge in [0, 0.05) is 12.5 Å². The van der Waals surface area contributed by atoms with Crippen LogP contribution in [0.15, 0.2) is 50.9 Å². The molecule has 6 rings (SSSR count). The van der Waals surface area contributed by atoms with Gasteiger partial charge in [0.25, 0.3) is 0 Å². The minimum atomic E-state index is -3.55. The lowest BCUT2D eigenvalue weighted by molar-refractivity contribution is -0.119. The summed E-state index contributed by atoms with van der Waals surface area (Å²) in [7, 11) is -3.55. The normalized spacial score (nSPS) is 21.1. The Morgan fingerprint density at radius 2 is 2.06 bits per heavy atom. The van der Waals surface area contributed by atoms with Crippen molar-refractivity contribution in [1.82, 2.24) is 5.16 Å². The van der Waals surface area contributed by atoms with Gasteiger partial charge in [-0.3, -0.25) is 14.4 Å². The molecule has 4 aliphatic rings. The molecular formula is C24H22ClF2N3O5S. The Morgan fingerprint density at radius 1 is 1.31 bits per heavy atom. The number of benzene rings is 1. The second-order valence-corrected chi connectivity index (χ2v) is 11.9. The van der Waals surface area contributed by atoms with Crippen LogP contribution < -0.4 is 9.62 Å². The van der Waals surface area contributed by atoms with E-state index in [9.17, 15) is 22.0 Å². The Hall–Kier alpha value is -2.92. The molecule has 190 valence electrons. The van der Waals surface area contributed by atoms with Gasteiger partial charge in [0.1, 0.15) is 5.76 Å². The highest BCUT2D eigenvalue weighted by atomic mass is 35.5. The summed E-state index contributed by atoms with van der Waals surface area (Å²) < 4.78 is 63.4. The molecule has 0 radical (unpaired) electrons. The fourth-order valence-corrected chi connectivity index (χ4v) is 6.44. The fraction of sp³-hybridized carbons (Fsp3) is 0.417. The highest BCUT2D eigenvalue weighted by Gasteiger charge is 2.60. The first-order valence-electron chi connectivity index (χ1n) is 11.7. The molecule has 1 N–H and O–H groups in total. The van der Waals surface area contributed by atoms with E-state index in [2.05, 4.69) is 14.6 Å². The maximum atomic E-state index is 13.7. The largest absolute Gasteiger partial charge is 0.437 e. The summed E-state index contributed by atoms with van der Waals surface area (Å²) in [6.45, 7) is -1.13. The molecule has 2 fully saturated rings. The number of alkyl halides is 2. The van der Waals surface area contributed by atoms with Crippen molar-refractivity contribution in [2.75, 3.05) is 9.62 Å². The van der Waals surface area contributed by atoms with Gasteiger partial charge in [0.2, 0.25) is 15.9 Å². The highest BCUT2D eigenvalue weighted by Crippen LogP contribution is 2.59. The van der Waals surface area contributed by atoms with Crippen molar-refractivity contribution >= 4 is 50.0 Å². The first-order valence-corrected chi connectivity index (χ1v) is 13.6. The number of nitrogens with zero attached hydrogens (tertiary/aromatic N) is 2. The third kappa shape index (κ3) is 3.71. The predicted octanol–water partition coefficient (Wildman–Crippen LogP) is 5.42. The number of carbonyl (C=O) groups is 1. The van der Waals surface area contributed by atoms with Gasteiger partial charge in [-0.05, 0) is 55.9 Å². The average Bonchev–Trinajstić information content (AvgIpc) is 3.73. The van der Waals surface area contributed by atoms with Crippen LogP contribution in [0.2, 0.25) is 0 Å². The maximum Gasteiger partial charge on any atom is 0.387 e. The van der Waals surface area contributed by atoms with E-state index in [1.54, 1.807) is 18.2 Å². The van der Waals surface area contributed by atoms with E-state index in [-0.39, 0.29) is 28.9 Å². The van der Waals surface area contributed by atoms with Gasteiger partial charge in [0.15, 0.2) is 11.4 Å². The lowest BCUT2D eigenvalue weighted by atomic mass is 9.96. The summed E-state index contributed by atoms with van der Waals surface area (Å²) >= 11 is 6.36. The van der Waals surface area contributed by atoms with E-state index in [0.717, 1.165) is 11.1 Å². The summed E-state index contributed by atoms with van der Waals surface area (Å²) in [6.07, 6.45) is 6.37. The Morgan fingerprint density at radius 3 is 2.69 bits per heavy atom. The number of hydrogen-bond donors (Lipinski definition) is 1. The number of halogens is 3. The number of fused-ring (bicyclic) bond motifs is 3. The maximum absolute atomic E-state index is 13.7. The smallest absolute Gasteiger partial charge is 0.387 e. The molecule has 8 nitrogen and oxygen atoms in total. The summed E-state index contributed by atoms with van der Waals surface area (Å²) in [5, 5.41) is 3.98. The molecule has 0 bridgehead atoms. The van der Waals surface area contributed by atoms with Crippen LogP contribution in [0.3, 0.4) is 0 Å². The van der Waals surface area contributed by atoms with Gasteiger partial charge in [-0.1, -0.05) is 29.3 Å². The van der Waals surface area contributed by atoms with E-state index in [1.165, 1.54) is 11.0 Å². The van der Waals surface area contributed by atoms with Crippen molar-refractivity contribution in [2.24, 2.45) is 0 Å². The molecule has 1 aromatic heterocycles. The van der Waals surface area contributed by atoms with Crippen molar-refractivity contribution in [3.8, 4) is 0 Å². The zero-order chi connectivity index (χ0) is 25.4. The Labute approximate surface area is 210 Å². The molecule has 12 heteroatoms. The molecule has 0 atom stereocenters. The number of nitrogens with one attached hydrogen (secondary N) is 1. The molecule has 36 heavy (non-hydrogen) atoms. The lowest BCUT2D eigenvalue weighted by Gasteiger charge is -2.20. The molecule has 1 aromatic carbocycles. The van der Waals surface area contributed by atoms with E-state index >= 15 is 0 Å². The summed E-state index contributed by atoms with van der Waals surface area (Å²) in [5.74, 6) is -0.108. The quantitative estimate of drug-likeness (QED) is 0.506. The third-order valence-electron chi connectivity index (χ3n) is 7.13. The number of amides is 1. The van der Waals surface area contributed by atoms with E-state index < -0.39 is 27.3 Å². The molecule has 2 heterocycles. The molecule has 2 aromatic rings. The van der Waals surface area contributed by atoms with Crippen LogP contribution in [0, 0.1) is 0 Å². The van der Waals surface area contributed by atoms with Gasteiger partial charge in [-0.15, -0.1) is 0 Å². The zero-order valence-electron chi connectivity index (χ0n) is 19.2. The Bertz CT molecular complexity index is 1500. The standard InChI is InChI=1S/C24H22ClF2N3O5S/c1-2-12-7-13(9-17(25)20(8-12)34-23(26)27)30-18-11-19-15(10-16(18)24(5-6-24)22(30)31)21(28-35-19)29-36(32,33)14-3-4-14/h7,9-11,14,23H,2-6,8H2,1H3,(H,28,29). The number of ether oxygens (including phenoxy) is 1. The monoisotopic (exact) mass is 537 g/mol. The van der Waals surface area contributed by atoms with Crippen molar-refractivity contribution in [3.05, 3.63) is 51.9 Å². The second kappa shape index (κ2) is 8.04. The van der Waals surface area contributed by atoms with Gasteiger partial charge in [-0.25, -0.2) is 8.42 Å². The van der Waals surface area contributed by atoms with Gasteiger partial charge in [-0.2, -0.15) is 8.78 Å². The topological polar surface area (TPSA) is 102 Å². The van der Waals surface area contributed by atoms with Crippen molar-refractivity contribution in [3.63, 3.8) is 0 Å². The fourth-order valence-electron chi connectivity index (χ4n) is 4.88. The second-order valence-electron chi connectivity index (χ2n) is 9.52. The SMILES string of the molecule is CCC1=CC(N2C(=O)C3(CC3)c3cc4c(NS(=O)(=O)C5CC5)noc4cc32)=CC(Cl)=C(OC(F)F)C1. The first-order chi connectivity index (χ1) is 17.1. The number of allylic oxidation sites excluding steroid dienone is 4. The van der Waals surface area contributed by atoms with Crippen LogP contribution in [0.25, 0.3) is 11.0 Å². The van der Waals surface area contributed by atoms with Gasteiger partial charge >= 0.3 is 6.61 Å². The Kier molecular flexibility index (Phi) is 5.24. The van der Waals surface area contributed by atoms with Crippen LogP contribution in [0.1, 0.15) is 51.0 Å². The molecule has 2 saturated carbocycles. The number of aromatic nitrogens is 1. The first kappa shape index (κ1) is 23.5. The summed E-state index contributed by atoms with van der Waals surface area (Å²) in [6, 6.07) is 3.43. The van der Waals surface area contributed by atoms with E-state index in [0.29, 0.717) is 54.5 Å². The molecule has 1 aliphatic heterocycles. The lowest BCUT2D eigenvalue weighted by Crippen LogP contribution is -2.31. The number of carbonyl (C=O) groups excluding carboxylic acids is 1. The van der Waals surface area contributed by atoms with Gasteiger partial charge in [0.05, 0.1) is 32.5 Å². The van der Waals surface area contributed by atoms with E-state index in [1.807, 2.05) is 6.92 Å². The van der Waals surface area contributed by atoms with Crippen LogP contribution in [0.5, 0.6) is 0 Å². The number of rotatable bonds is 7. The predicted molar refractivity (Wildman–Crippen MR) is 129 cm³/mol. The van der Waals surface area contributed by atoms with E-state index in [4.69, 9.17) is 16.1 Å². The van der Waals surface area contributed by atoms with Crippen molar-refractivity contribution in [1.29, 1.82) is 0 Å². The summed E-state index contributed by atoms with van der Waals surface area (Å²) in [4.78, 5) is 15.2. The van der Waals surface area contributed by atoms with Crippen LogP contribution in [-0.2, 0) is 25.0 Å². The molecule has 0 unspecified atom stereocenters. The number of sulfonamides is 1. The van der Waals surface area contributed by atoms with Gasteiger partial charge < -0.3 is 9.26 Å². The van der Waals surface area contributed by atoms with Crippen LogP contribution in [0.4, 0.5) is 20.3 Å². The molecule has 1 amide bonds. The van der Waals surface area contributed by atoms with Crippen LogP contribution in [-0.4, -0.2) is 31.3 Å².